The molecule has 1 aliphatic heterocycles. The lowest BCUT2D eigenvalue weighted by Crippen LogP contribution is -2.50. The quantitative estimate of drug-likeness (QED) is 0.736. The number of nitrogens with zero attached hydrogens (tertiary/aromatic N) is 3. The Kier molecular flexibility index (Phi) is 5.58. The van der Waals surface area contributed by atoms with Crippen LogP contribution >= 0.6 is 0 Å². The SMILES string of the molecule is CC(C)CC(C(=O)NCc1nnc(C(C)C)o1)N1C(=O)c2ccccc2C1=O. The predicted molar refractivity (Wildman–Crippen MR) is 100 cm³/mol. The van der Waals surface area contributed by atoms with Gasteiger partial charge in [-0.1, -0.05) is 39.8 Å². The minimum atomic E-state index is -0.903. The zero-order valence-electron chi connectivity index (χ0n) is 16.4. The van der Waals surface area contributed by atoms with Crippen LogP contribution in [0.5, 0.6) is 0 Å². The Bertz CT molecular complexity index is 868. The van der Waals surface area contributed by atoms with Crippen LogP contribution in [0.1, 0.15) is 72.5 Å². The first-order valence-corrected chi connectivity index (χ1v) is 9.36. The molecular weight excluding hydrogens is 360 g/mol. The van der Waals surface area contributed by atoms with Gasteiger partial charge in [0.15, 0.2) is 0 Å². The molecule has 0 spiro atoms. The van der Waals surface area contributed by atoms with Crippen molar-refractivity contribution in [3.8, 4) is 0 Å². The summed E-state index contributed by atoms with van der Waals surface area (Å²) in [5.74, 6) is -0.346. The van der Waals surface area contributed by atoms with E-state index in [1.807, 2.05) is 27.7 Å². The van der Waals surface area contributed by atoms with Crippen molar-refractivity contribution >= 4 is 17.7 Å². The van der Waals surface area contributed by atoms with Crippen molar-refractivity contribution in [2.45, 2.75) is 52.6 Å². The Labute approximate surface area is 163 Å². The summed E-state index contributed by atoms with van der Waals surface area (Å²) >= 11 is 0. The largest absolute Gasteiger partial charge is 0.423 e. The second kappa shape index (κ2) is 7.92. The molecule has 148 valence electrons. The fourth-order valence-corrected chi connectivity index (χ4v) is 3.12. The second-order valence-corrected chi connectivity index (χ2v) is 7.58. The Morgan fingerprint density at radius 3 is 2.18 bits per heavy atom. The molecule has 2 aromatic rings. The molecule has 0 saturated carbocycles. The van der Waals surface area contributed by atoms with Crippen molar-refractivity contribution in [2.75, 3.05) is 0 Å². The van der Waals surface area contributed by atoms with E-state index in [-0.39, 0.29) is 24.3 Å². The zero-order chi connectivity index (χ0) is 20.4. The van der Waals surface area contributed by atoms with E-state index >= 15 is 0 Å². The lowest BCUT2D eigenvalue weighted by molar-refractivity contribution is -0.125. The van der Waals surface area contributed by atoms with Gasteiger partial charge in [0.1, 0.15) is 6.04 Å². The van der Waals surface area contributed by atoms with Crippen LogP contribution in [-0.4, -0.2) is 38.9 Å². The topological polar surface area (TPSA) is 105 Å². The molecule has 1 unspecified atom stereocenters. The van der Waals surface area contributed by atoms with Crippen molar-refractivity contribution in [2.24, 2.45) is 5.92 Å². The van der Waals surface area contributed by atoms with Crippen LogP contribution in [0.15, 0.2) is 28.7 Å². The molecule has 3 rings (SSSR count). The van der Waals surface area contributed by atoms with Gasteiger partial charge in [-0.25, -0.2) is 0 Å². The lowest BCUT2D eigenvalue weighted by Gasteiger charge is -2.26. The molecule has 1 N–H and O–H groups in total. The average molecular weight is 384 g/mol. The monoisotopic (exact) mass is 384 g/mol. The Balaban J connectivity index is 1.77. The highest BCUT2D eigenvalue weighted by Gasteiger charge is 2.42. The second-order valence-electron chi connectivity index (χ2n) is 7.58. The highest BCUT2D eigenvalue weighted by Crippen LogP contribution is 2.27. The fraction of sp³-hybridized carbons (Fsp3) is 0.450. The highest BCUT2D eigenvalue weighted by molar-refractivity contribution is 6.22. The number of hydrogen-bond acceptors (Lipinski definition) is 6. The minimum absolute atomic E-state index is 0.0380. The maximum Gasteiger partial charge on any atom is 0.262 e. The van der Waals surface area contributed by atoms with Gasteiger partial charge in [-0.15, -0.1) is 10.2 Å². The predicted octanol–water partition coefficient (Wildman–Crippen LogP) is 2.52. The summed E-state index contributed by atoms with van der Waals surface area (Å²) in [6, 6.07) is 5.71. The van der Waals surface area contributed by atoms with Gasteiger partial charge in [-0.3, -0.25) is 19.3 Å². The van der Waals surface area contributed by atoms with Gasteiger partial charge in [0.25, 0.3) is 11.8 Å². The van der Waals surface area contributed by atoms with Crippen LogP contribution in [0.25, 0.3) is 0 Å². The smallest absolute Gasteiger partial charge is 0.262 e. The van der Waals surface area contributed by atoms with Crippen LogP contribution in [0.3, 0.4) is 0 Å². The van der Waals surface area contributed by atoms with E-state index in [1.54, 1.807) is 24.3 Å². The van der Waals surface area contributed by atoms with E-state index in [1.165, 1.54) is 0 Å². The molecule has 8 heteroatoms. The third-order valence-electron chi connectivity index (χ3n) is 4.52. The Hall–Kier alpha value is -3.03. The molecular formula is C20H24N4O4. The molecule has 8 nitrogen and oxygen atoms in total. The van der Waals surface area contributed by atoms with Crippen molar-refractivity contribution in [3.05, 3.63) is 47.2 Å². The van der Waals surface area contributed by atoms with Gasteiger partial charge in [-0.05, 0) is 24.5 Å². The number of fused-ring (bicyclic) bond motifs is 1. The maximum absolute atomic E-state index is 12.9. The standard InChI is InChI=1S/C20H24N4O4/c1-11(2)9-15(17(25)21-10-16-22-23-18(28-16)12(3)4)24-19(26)13-7-5-6-8-14(13)20(24)27/h5-8,11-12,15H,9-10H2,1-4H3,(H,21,25). The molecule has 0 fully saturated rings. The molecule has 0 saturated heterocycles. The maximum atomic E-state index is 12.9. The first-order valence-electron chi connectivity index (χ1n) is 9.36. The molecule has 1 aromatic heterocycles. The first-order chi connectivity index (χ1) is 13.3. The van der Waals surface area contributed by atoms with Crippen molar-refractivity contribution in [1.82, 2.24) is 20.4 Å². The van der Waals surface area contributed by atoms with E-state index in [4.69, 9.17) is 4.42 Å². The molecule has 28 heavy (non-hydrogen) atoms. The van der Waals surface area contributed by atoms with Gasteiger partial charge < -0.3 is 9.73 Å². The van der Waals surface area contributed by atoms with Gasteiger partial charge in [0, 0.05) is 5.92 Å². The summed E-state index contributed by atoms with van der Waals surface area (Å²) in [6.45, 7) is 7.76. The molecule has 0 radical (unpaired) electrons. The summed E-state index contributed by atoms with van der Waals surface area (Å²) in [7, 11) is 0. The Morgan fingerprint density at radius 2 is 1.68 bits per heavy atom. The number of carbonyl (C=O) groups excluding carboxylic acids is 3. The van der Waals surface area contributed by atoms with Gasteiger partial charge >= 0.3 is 0 Å². The van der Waals surface area contributed by atoms with Crippen LogP contribution < -0.4 is 5.32 Å². The van der Waals surface area contributed by atoms with Gasteiger partial charge in [0.2, 0.25) is 17.7 Å². The van der Waals surface area contributed by atoms with Crippen LogP contribution in [-0.2, 0) is 11.3 Å². The summed E-state index contributed by atoms with van der Waals surface area (Å²) in [4.78, 5) is 39.5. The number of carbonyl (C=O) groups is 3. The van der Waals surface area contributed by atoms with E-state index in [0.29, 0.717) is 23.4 Å². The average Bonchev–Trinajstić information content (AvgIpc) is 3.22. The van der Waals surface area contributed by atoms with Gasteiger partial charge in [0.05, 0.1) is 17.7 Å². The van der Waals surface area contributed by atoms with Crippen LogP contribution in [0.4, 0.5) is 0 Å². The number of nitrogens with one attached hydrogen (secondary N) is 1. The number of hydrogen-bond donors (Lipinski definition) is 1. The molecule has 1 atom stereocenters. The third-order valence-corrected chi connectivity index (χ3v) is 4.52. The summed E-state index contributed by atoms with van der Waals surface area (Å²) < 4.78 is 5.49. The third kappa shape index (κ3) is 3.81. The molecule has 0 aliphatic carbocycles. The normalized spacial score (nSPS) is 14.7. The van der Waals surface area contributed by atoms with E-state index in [0.717, 1.165) is 4.90 Å². The summed E-state index contributed by atoms with van der Waals surface area (Å²) in [5.41, 5.74) is 0.653. The van der Waals surface area contributed by atoms with Crippen LogP contribution in [0.2, 0.25) is 0 Å². The Morgan fingerprint density at radius 1 is 1.07 bits per heavy atom. The summed E-state index contributed by atoms with van der Waals surface area (Å²) in [5, 5.41) is 10.6. The molecule has 1 aromatic carbocycles. The fourth-order valence-electron chi connectivity index (χ4n) is 3.12. The molecule has 3 amide bonds. The number of aromatic nitrogens is 2. The minimum Gasteiger partial charge on any atom is -0.423 e. The number of imide groups is 1. The van der Waals surface area contributed by atoms with E-state index < -0.39 is 23.8 Å². The highest BCUT2D eigenvalue weighted by atomic mass is 16.4. The molecule has 0 bridgehead atoms. The number of rotatable bonds is 7. The number of amides is 3. The molecule has 1 aliphatic rings. The zero-order valence-corrected chi connectivity index (χ0v) is 16.4. The number of benzene rings is 1. The summed E-state index contributed by atoms with van der Waals surface area (Å²) in [6.07, 6.45) is 0.360. The van der Waals surface area contributed by atoms with Crippen LogP contribution in [0, 0.1) is 5.92 Å². The van der Waals surface area contributed by atoms with E-state index in [2.05, 4.69) is 15.5 Å². The van der Waals surface area contributed by atoms with Crippen molar-refractivity contribution in [3.63, 3.8) is 0 Å². The first kappa shape index (κ1) is 19.7. The van der Waals surface area contributed by atoms with Crippen molar-refractivity contribution < 1.29 is 18.8 Å². The molecule has 2 heterocycles. The van der Waals surface area contributed by atoms with Gasteiger partial charge in [-0.2, -0.15) is 0 Å². The van der Waals surface area contributed by atoms with Crippen molar-refractivity contribution in [1.29, 1.82) is 0 Å². The lowest BCUT2D eigenvalue weighted by atomic mass is 10.0. The van der Waals surface area contributed by atoms with E-state index in [9.17, 15) is 14.4 Å².